The molecule has 2 fully saturated rings. The molecule has 0 spiro atoms. The van der Waals surface area contributed by atoms with E-state index in [2.05, 4.69) is 70.5 Å². The second-order valence-corrected chi connectivity index (χ2v) is 9.60. The highest BCUT2D eigenvalue weighted by Crippen LogP contribution is 2.37. The third kappa shape index (κ3) is 4.56. The Morgan fingerprint density at radius 3 is 1.29 bits per heavy atom. The van der Waals surface area contributed by atoms with Gasteiger partial charge in [0.25, 0.3) is 0 Å². The number of nitrogens with zero attached hydrogens (tertiary/aromatic N) is 2. The molecule has 2 unspecified atom stereocenters. The van der Waals surface area contributed by atoms with E-state index in [0.29, 0.717) is 0 Å². The maximum Gasteiger partial charge on any atom is 0.114 e. The zero-order chi connectivity index (χ0) is 19.2. The molecule has 0 saturated carbocycles. The van der Waals surface area contributed by atoms with Crippen molar-refractivity contribution in [3.63, 3.8) is 0 Å². The molecule has 2 heterocycles. The second kappa shape index (κ2) is 9.82. The first-order valence-corrected chi connectivity index (χ1v) is 12.1. The number of hydrogen-bond donors (Lipinski definition) is 0. The minimum absolute atomic E-state index is 0.0337. The molecule has 0 aromatic heterocycles. The molecule has 4 heteroatoms. The zero-order valence-electron chi connectivity index (χ0n) is 16.7. The van der Waals surface area contributed by atoms with Gasteiger partial charge in [0.2, 0.25) is 0 Å². The molecule has 2 saturated heterocycles. The van der Waals surface area contributed by atoms with Gasteiger partial charge in [-0.1, -0.05) is 73.5 Å². The van der Waals surface area contributed by atoms with E-state index in [1.165, 1.54) is 49.7 Å². The largest absolute Gasteiger partial charge is 0.286 e. The maximum atomic E-state index is 14.3. The average Bonchev–Trinajstić information content (AvgIpc) is 2.77. The van der Waals surface area contributed by atoms with Crippen LogP contribution in [-0.2, 0) is 10.8 Å². The van der Waals surface area contributed by atoms with Gasteiger partial charge in [0.05, 0.1) is 10.8 Å². The molecular formula is C24H32N2OS. The van der Waals surface area contributed by atoms with Crippen LogP contribution in [0, 0.1) is 0 Å². The summed E-state index contributed by atoms with van der Waals surface area (Å²) in [6, 6.07) is 21.1. The van der Waals surface area contributed by atoms with Crippen LogP contribution in [0.25, 0.3) is 0 Å². The van der Waals surface area contributed by atoms with Gasteiger partial charge in [-0.15, -0.1) is 0 Å². The Bertz CT molecular complexity index is 676. The molecule has 150 valence electrons. The Kier molecular flexibility index (Phi) is 6.95. The highest BCUT2D eigenvalue weighted by molar-refractivity contribution is 7.85. The van der Waals surface area contributed by atoms with Crippen molar-refractivity contribution in [1.29, 1.82) is 0 Å². The van der Waals surface area contributed by atoms with Crippen molar-refractivity contribution >= 4 is 10.8 Å². The summed E-state index contributed by atoms with van der Waals surface area (Å²) in [6.07, 6.45) is 7.42. The fourth-order valence-corrected chi connectivity index (χ4v) is 6.75. The lowest BCUT2D eigenvalue weighted by molar-refractivity contribution is 0.192. The van der Waals surface area contributed by atoms with Crippen molar-refractivity contribution < 1.29 is 4.21 Å². The number of rotatable bonds is 6. The molecule has 28 heavy (non-hydrogen) atoms. The van der Waals surface area contributed by atoms with Crippen LogP contribution in [0.15, 0.2) is 60.7 Å². The number of piperidine rings is 2. The molecule has 2 aliphatic heterocycles. The van der Waals surface area contributed by atoms with Crippen LogP contribution in [0.1, 0.15) is 60.4 Å². The molecule has 2 aliphatic rings. The third-order valence-corrected chi connectivity index (χ3v) is 8.07. The van der Waals surface area contributed by atoms with Gasteiger partial charge in [-0.3, -0.25) is 14.0 Å². The summed E-state index contributed by atoms with van der Waals surface area (Å²) >= 11 is 0. The summed E-state index contributed by atoms with van der Waals surface area (Å²) in [7, 11) is -1.04. The Morgan fingerprint density at radius 1 is 0.571 bits per heavy atom. The smallest absolute Gasteiger partial charge is 0.114 e. The van der Waals surface area contributed by atoms with E-state index in [0.717, 1.165) is 26.2 Å². The molecule has 3 nitrogen and oxygen atoms in total. The Balaban J connectivity index is 1.70. The molecule has 0 radical (unpaired) electrons. The van der Waals surface area contributed by atoms with Crippen molar-refractivity contribution in [3.05, 3.63) is 71.8 Å². The summed E-state index contributed by atoms with van der Waals surface area (Å²) in [5.41, 5.74) is 2.39. The normalized spacial score (nSPS) is 22.4. The molecule has 4 rings (SSSR count). The van der Waals surface area contributed by atoms with Crippen LogP contribution in [0.3, 0.4) is 0 Å². The second-order valence-electron chi connectivity index (χ2n) is 8.05. The molecule has 0 aliphatic carbocycles. The van der Waals surface area contributed by atoms with E-state index < -0.39 is 10.8 Å². The van der Waals surface area contributed by atoms with E-state index in [1.807, 2.05) is 0 Å². The van der Waals surface area contributed by atoms with Gasteiger partial charge in [0, 0.05) is 0 Å². The molecule has 0 bridgehead atoms. The van der Waals surface area contributed by atoms with Crippen LogP contribution >= 0.6 is 0 Å². The van der Waals surface area contributed by atoms with Crippen LogP contribution in [0.2, 0.25) is 0 Å². The lowest BCUT2D eigenvalue weighted by Crippen LogP contribution is -2.42. The van der Waals surface area contributed by atoms with Crippen molar-refractivity contribution in [3.8, 4) is 0 Å². The predicted molar refractivity (Wildman–Crippen MR) is 117 cm³/mol. The van der Waals surface area contributed by atoms with E-state index >= 15 is 0 Å². The number of benzene rings is 2. The van der Waals surface area contributed by atoms with Gasteiger partial charge < -0.3 is 0 Å². The van der Waals surface area contributed by atoms with Crippen LogP contribution < -0.4 is 0 Å². The summed E-state index contributed by atoms with van der Waals surface area (Å²) in [4.78, 5) is 4.96. The van der Waals surface area contributed by atoms with Gasteiger partial charge >= 0.3 is 0 Å². The summed E-state index contributed by atoms with van der Waals surface area (Å²) in [5.74, 6) is 0. The first-order valence-electron chi connectivity index (χ1n) is 10.8. The standard InChI is InChI=1S/C24H32N2OS/c27-28(23(21-13-5-1-6-14-21)25-17-9-3-10-18-25)24(22-15-7-2-8-16-22)26-19-11-4-12-20-26/h1-2,5-8,13-16,23-24H,3-4,9-12,17-20H2. The Hall–Kier alpha value is -1.49. The molecule has 0 N–H and O–H groups in total. The van der Waals surface area contributed by atoms with Crippen LogP contribution in [-0.4, -0.2) is 40.2 Å². The summed E-state index contributed by atoms with van der Waals surface area (Å²) in [5, 5.41) is -0.0673. The zero-order valence-corrected chi connectivity index (χ0v) is 17.5. The highest BCUT2D eigenvalue weighted by atomic mass is 32.2. The van der Waals surface area contributed by atoms with Gasteiger partial charge in [0.1, 0.15) is 10.7 Å². The van der Waals surface area contributed by atoms with E-state index in [1.54, 1.807) is 0 Å². The van der Waals surface area contributed by atoms with Gasteiger partial charge in [0.15, 0.2) is 0 Å². The number of likely N-dealkylation sites (tertiary alicyclic amines) is 2. The molecule has 2 atom stereocenters. The molecule has 0 amide bonds. The summed E-state index contributed by atoms with van der Waals surface area (Å²) < 4.78 is 14.3. The van der Waals surface area contributed by atoms with E-state index in [-0.39, 0.29) is 10.7 Å². The maximum absolute atomic E-state index is 14.3. The van der Waals surface area contributed by atoms with Crippen molar-refractivity contribution in [2.24, 2.45) is 0 Å². The molecule has 2 aromatic rings. The molecule has 2 aromatic carbocycles. The quantitative estimate of drug-likeness (QED) is 0.678. The minimum atomic E-state index is -1.04. The van der Waals surface area contributed by atoms with Gasteiger partial charge in [-0.25, -0.2) is 0 Å². The Labute approximate surface area is 172 Å². The lowest BCUT2D eigenvalue weighted by Gasteiger charge is -2.40. The molecular weight excluding hydrogens is 364 g/mol. The fourth-order valence-electron chi connectivity index (χ4n) is 4.65. The predicted octanol–water partition coefficient (Wildman–Crippen LogP) is 5.10. The Morgan fingerprint density at radius 2 is 0.929 bits per heavy atom. The van der Waals surface area contributed by atoms with E-state index in [9.17, 15) is 4.21 Å². The average molecular weight is 397 g/mol. The van der Waals surface area contributed by atoms with Crippen molar-refractivity contribution in [2.75, 3.05) is 26.2 Å². The van der Waals surface area contributed by atoms with Crippen molar-refractivity contribution in [1.82, 2.24) is 9.80 Å². The first-order chi connectivity index (χ1) is 13.8. The lowest BCUT2D eigenvalue weighted by atomic mass is 10.1. The SMILES string of the molecule is O=S(C(c1ccccc1)N1CCCCC1)C(c1ccccc1)N1CCCCC1. The third-order valence-electron chi connectivity index (χ3n) is 6.05. The monoisotopic (exact) mass is 396 g/mol. The van der Waals surface area contributed by atoms with Crippen LogP contribution in [0.4, 0.5) is 0 Å². The first kappa shape index (κ1) is 19.8. The topological polar surface area (TPSA) is 23.6 Å². The van der Waals surface area contributed by atoms with Gasteiger partial charge in [-0.2, -0.15) is 0 Å². The highest BCUT2D eigenvalue weighted by Gasteiger charge is 2.36. The van der Waals surface area contributed by atoms with Gasteiger partial charge in [-0.05, 0) is 63.0 Å². The van der Waals surface area contributed by atoms with Crippen LogP contribution in [0.5, 0.6) is 0 Å². The fraction of sp³-hybridized carbons (Fsp3) is 0.500. The van der Waals surface area contributed by atoms with E-state index in [4.69, 9.17) is 0 Å². The van der Waals surface area contributed by atoms with Crippen molar-refractivity contribution in [2.45, 2.75) is 49.3 Å². The number of hydrogen-bond acceptors (Lipinski definition) is 3. The summed E-state index contributed by atoms with van der Waals surface area (Å²) in [6.45, 7) is 4.19. The minimum Gasteiger partial charge on any atom is -0.286 e.